The molecule has 0 aromatic heterocycles. The van der Waals surface area contributed by atoms with Gasteiger partial charge in [-0.3, -0.25) is 5.32 Å². The van der Waals surface area contributed by atoms with Gasteiger partial charge < -0.3 is 15.4 Å². The fraction of sp³-hybridized carbons (Fsp3) is 0.600. The molecule has 0 amide bonds. The fourth-order valence-corrected chi connectivity index (χ4v) is 2.71. The maximum atomic E-state index is 9.47. The molecule has 0 bridgehead atoms. The minimum Gasteiger partial charge on any atom is -0.497 e. The van der Waals surface area contributed by atoms with Gasteiger partial charge in [0.25, 0.3) is 0 Å². The molecule has 7 nitrogen and oxygen atoms in total. The smallest absolute Gasteiger partial charge is 0.121 e. The quantitative estimate of drug-likeness (QED) is 0.177. The van der Waals surface area contributed by atoms with Gasteiger partial charge in [0.15, 0.2) is 0 Å². The van der Waals surface area contributed by atoms with Crippen molar-refractivity contribution in [1.29, 1.82) is 0 Å². The van der Waals surface area contributed by atoms with E-state index in [2.05, 4.69) is 10.2 Å². The monoisotopic (exact) mass is 310 g/mol. The Hall–Kier alpha value is -1.54. The molecule has 0 aliphatic carbocycles. The van der Waals surface area contributed by atoms with Crippen LogP contribution in [-0.4, -0.2) is 50.1 Å². The van der Waals surface area contributed by atoms with E-state index in [0.717, 1.165) is 24.4 Å². The lowest BCUT2D eigenvalue weighted by molar-refractivity contribution is -0.895. The Morgan fingerprint density at radius 1 is 1.36 bits per heavy atom. The van der Waals surface area contributed by atoms with Crippen molar-refractivity contribution in [1.82, 2.24) is 10.2 Å². The zero-order valence-electron chi connectivity index (χ0n) is 13.3. The minimum atomic E-state index is 0.502. The van der Waals surface area contributed by atoms with Gasteiger partial charge in [-0.1, -0.05) is 6.42 Å². The van der Waals surface area contributed by atoms with E-state index >= 15 is 0 Å². The van der Waals surface area contributed by atoms with Gasteiger partial charge in [-0.25, -0.2) is 0 Å². The van der Waals surface area contributed by atoms with Crippen LogP contribution in [0.5, 0.6) is 5.75 Å². The van der Waals surface area contributed by atoms with Crippen LogP contribution in [0.1, 0.15) is 19.3 Å². The van der Waals surface area contributed by atoms with Crippen LogP contribution in [0.4, 0.5) is 11.4 Å². The first-order valence-electron chi connectivity index (χ1n) is 7.85. The summed E-state index contributed by atoms with van der Waals surface area (Å²) >= 11 is 0. The number of piperidine rings is 1. The molecule has 0 unspecified atom stereocenters. The molecule has 1 aromatic rings. The predicted molar refractivity (Wildman–Crippen MR) is 86.8 cm³/mol. The van der Waals surface area contributed by atoms with Crippen LogP contribution in [0.3, 0.4) is 0 Å². The van der Waals surface area contributed by atoms with Crippen LogP contribution in [0, 0.1) is 0 Å². The van der Waals surface area contributed by atoms with Crippen molar-refractivity contribution in [3.8, 4) is 5.75 Å². The third-order valence-corrected chi connectivity index (χ3v) is 4.02. The molecule has 1 aromatic carbocycles. The van der Waals surface area contributed by atoms with Crippen molar-refractivity contribution in [3.63, 3.8) is 0 Å². The van der Waals surface area contributed by atoms with Crippen molar-refractivity contribution >= 4 is 11.4 Å². The number of hydrogen-bond acceptors (Lipinski definition) is 6. The Morgan fingerprint density at radius 2 is 2.14 bits per heavy atom. The SMILES string of the molecule is COc1ccc(N)c(N(CNCCN2CCCCC2)[NH2+]O)c1. The number of likely N-dealkylation sites (tertiary alicyclic amines) is 1. The topological polar surface area (TPSA) is 90.6 Å². The molecule has 1 fully saturated rings. The molecule has 2 rings (SSSR count). The van der Waals surface area contributed by atoms with Gasteiger partial charge in [0, 0.05) is 19.2 Å². The summed E-state index contributed by atoms with van der Waals surface area (Å²) in [6, 6.07) is 5.39. The zero-order chi connectivity index (χ0) is 15.8. The van der Waals surface area contributed by atoms with E-state index in [1.54, 1.807) is 24.3 Å². The molecule has 1 heterocycles. The van der Waals surface area contributed by atoms with E-state index < -0.39 is 0 Å². The second-order valence-corrected chi connectivity index (χ2v) is 5.57. The van der Waals surface area contributed by atoms with Crippen LogP contribution in [0.2, 0.25) is 0 Å². The summed E-state index contributed by atoms with van der Waals surface area (Å²) in [5, 5.41) is 14.5. The zero-order valence-corrected chi connectivity index (χ0v) is 13.3. The maximum absolute atomic E-state index is 9.47. The molecule has 124 valence electrons. The number of anilines is 2. The Bertz CT molecular complexity index is 452. The molecular formula is C15H28N5O2+. The third kappa shape index (κ3) is 4.74. The van der Waals surface area contributed by atoms with Crippen LogP contribution >= 0.6 is 0 Å². The van der Waals surface area contributed by atoms with Gasteiger partial charge in [-0.2, -0.15) is 10.2 Å². The molecular weight excluding hydrogens is 282 g/mol. The number of benzene rings is 1. The van der Waals surface area contributed by atoms with Crippen molar-refractivity contribution < 1.29 is 15.5 Å². The lowest BCUT2D eigenvalue weighted by Crippen LogP contribution is -2.93. The van der Waals surface area contributed by atoms with Gasteiger partial charge in [0.1, 0.15) is 18.1 Å². The molecule has 1 aliphatic rings. The first kappa shape index (κ1) is 16.8. The van der Waals surface area contributed by atoms with E-state index in [4.69, 9.17) is 10.5 Å². The van der Waals surface area contributed by atoms with E-state index in [9.17, 15) is 5.21 Å². The molecule has 0 atom stereocenters. The minimum absolute atomic E-state index is 0.502. The van der Waals surface area contributed by atoms with Gasteiger partial charge in [0.2, 0.25) is 0 Å². The average molecular weight is 310 g/mol. The third-order valence-electron chi connectivity index (χ3n) is 4.02. The number of nitrogens with one attached hydrogen (secondary N) is 1. The highest BCUT2D eigenvalue weighted by molar-refractivity contribution is 5.68. The second-order valence-electron chi connectivity index (χ2n) is 5.57. The van der Waals surface area contributed by atoms with Crippen LogP contribution in [0.25, 0.3) is 0 Å². The maximum Gasteiger partial charge on any atom is 0.121 e. The summed E-state index contributed by atoms with van der Waals surface area (Å²) < 4.78 is 5.20. The number of nitrogens with two attached hydrogens (primary N) is 2. The first-order valence-corrected chi connectivity index (χ1v) is 7.85. The molecule has 0 saturated carbocycles. The Balaban J connectivity index is 1.81. The summed E-state index contributed by atoms with van der Waals surface area (Å²) in [6.07, 6.45) is 3.96. The Labute approximate surface area is 132 Å². The molecule has 7 heteroatoms. The van der Waals surface area contributed by atoms with Gasteiger partial charge in [0.05, 0.1) is 12.8 Å². The first-order chi connectivity index (χ1) is 10.7. The van der Waals surface area contributed by atoms with E-state index in [1.165, 1.54) is 32.4 Å². The molecule has 1 saturated heterocycles. The van der Waals surface area contributed by atoms with Crippen LogP contribution in [0.15, 0.2) is 18.2 Å². The summed E-state index contributed by atoms with van der Waals surface area (Å²) in [5.74, 6) is 0.712. The Kier molecular flexibility index (Phi) is 6.73. The highest BCUT2D eigenvalue weighted by Crippen LogP contribution is 2.25. The Morgan fingerprint density at radius 3 is 2.82 bits per heavy atom. The van der Waals surface area contributed by atoms with Crippen LogP contribution in [-0.2, 0) is 0 Å². The molecule has 0 radical (unpaired) electrons. The number of hydrogen-bond donors (Lipinski definition) is 4. The van der Waals surface area contributed by atoms with Crippen molar-refractivity contribution in [2.24, 2.45) is 0 Å². The van der Waals surface area contributed by atoms with Crippen molar-refractivity contribution in [2.75, 3.05) is 50.7 Å². The molecule has 6 N–H and O–H groups in total. The lowest BCUT2D eigenvalue weighted by atomic mass is 10.1. The summed E-state index contributed by atoms with van der Waals surface area (Å²) in [6.45, 7) is 4.81. The normalized spacial score (nSPS) is 15.7. The fourth-order valence-electron chi connectivity index (χ4n) is 2.71. The van der Waals surface area contributed by atoms with Gasteiger partial charge >= 0.3 is 0 Å². The second kappa shape index (κ2) is 8.79. The van der Waals surface area contributed by atoms with E-state index in [-0.39, 0.29) is 0 Å². The van der Waals surface area contributed by atoms with Crippen molar-refractivity contribution in [3.05, 3.63) is 18.2 Å². The molecule has 1 aliphatic heterocycles. The number of nitrogen functional groups attached to an aromatic ring is 1. The van der Waals surface area contributed by atoms with Crippen molar-refractivity contribution in [2.45, 2.75) is 19.3 Å². The van der Waals surface area contributed by atoms with E-state index in [0.29, 0.717) is 18.1 Å². The largest absolute Gasteiger partial charge is 0.497 e. The van der Waals surface area contributed by atoms with E-state index in [1.807, 2.05) is 6.07 Å². The molecule has 22 heavy (non-hydrogen) atoms. The molecule has 0 spiro atoms. The standard InChI is InChI=1S/C15H27N5O2/c1-22-13-5-6-14(16)15(11-13)20(18-21)12-17-7-10-19-8-3-2-4-9-19/h5-6,11,17-18,21H,2-4,7-10,12,16H2,1H3/p+1. The lowest BCUT2D eigenvalue weighted by Gasteiger charge is -2.27. The number of ether oxygens (including phenoxy) is 1. The van der Waals surface area contributed by atoms with Crippen LogP contribution < -0.4 is 26.4 Å². The highest BCUT2D eigenvalue weighted by Gasteiger charge is 2.14. The number of quaternary nitrogens is 1. The summed E-state index contributed by atoms with van der Waals surface area (Å²) in [5.41, 5.74) is 8.35. The number of nitrogens with zero attached hydrogens (tertiary/aromatic N) is 2. The summed E-state index contributed by atoms with van der Waals surface area (Å²) in [4.78, 5) is 2.48. The highest BCUT2D eigenvalue weighted by atomic mass is 16.5. The van der Waals surface area contributed by atoms with Gasteiger partial charge in [-0.15, -0.1) is 5.59 Å². The number of methoxy groups -OCH3 is 1. The average Bonchev–Trinajstić information content (AvgIpc) is 2.57. The predicted octanol–water partition coefficient (Wildman–Crippen LogP) is -0.0156. The number of rotatable bonds is 8. The van der Waals surface area contributed by atoms with Gasteiger partial charge in [-0.05, 0) is 38.1 Å². The summed E-state index contributed by atoms with van der Waals surface area (Å²) in [7, 11) is 1.61.